The van der Waals surface area contributed by atoms with Crippen LogP contribution in [0.1, 0.15) is 53.4 Å². The fourth-order valence-electron chi connectivity index (χ4n) is 2.01. The maximum atomic E-state index is 5.97. The zero-order chi connectivity index (χ0) is 12.7. The molecule has 0 radical (unpaired) electrons. The van der Waals surface area contributed by atoms with Crippen LogP contribution in [-0.2, 0) is 9.47 Å². The maximum Gasteiger partial charge on any atom is 0.0809 e. The van der Waals surface area contributed by atoms with Gasteiger partial charge < -0.3 is 14.8 Å². The Balaban J connectivity index is 2.21. The van der Waals surface area contributed by atoms with Crippen LogP contribution in [0.15, 0.2) is 0 Å². The highest BCUT2D eigenvalue weighted by Gasteiger charge is 2.19. The maximum absolute atomic E-state index is 5.97. The van der Waals surface area contributed by atoms with Crippen molar-refractivity contribution in [1.29, 1.82) is 0 Å². The molecular formula is C14H29NO2. The van der Waals surface area contributed by atoms with E-state index in [-0.39, 0.29) is 5.54 Å². The molecule has 1 aliphatic heterocycles. The summed E-state index contributed by atoms with van der Waals surface area (Å²) in [4.78, 5) is 0. The lowest BCUT2D eigenvalue weighted by molar-refractivity contribution is -0.0243. The quantitative estimate of drug-likeness (QED) is 0.746. The standard InChI is InChI=1S/C14H29NO2/c1-5-7-12(10-15-14(2,3)4)17-11-13-8-6-9-16-13/h12-13,15H,5-11H2,1-4H3. The van der Waals surface area contributed by atoms with E-state index in [4.69, 9.17) is 9.47 Å². The minimum Gasteiger partial charge on any atom is -0.376 e. The molecule has 1 rings (SSSR count). The van der Waals surface area contributed by atoms with Gasteiger partial charge in [0.1, 0.15) is 0 Å². The van der Waals surface area contributed by atoms with Crippen molar-refractivity contribution in [2.45, 2.75) is 71.1 Å². The smallest absolute Gasteiger partial charge is 0.0809 e. The first kappa shape index (κ1) is 14.9. The van der Waals surface area contributed by atoms with Crippen LogP contribution in [-0.4, -0.2) is 37.5 Å². The van der Waals surface area contributed by atoms with Gasteiger partial charge in [-0.25, -0.2) is 0 Å². The lowest BCUT2D eigenvalue weighted by Crippen LogP contribution is -2.42. The van der Waals surface area contributed by atoms with E-state index in [1.54, 1.807) is 0 Å². The van der Waals surface area contributed by atoms with Crippen LogP contribution in [0, 0.1) is 0 Å². The van der Waals surface area contributed by atoms with Crippen LogP contribution in [0.4, 0.5) is 0 Å². The largest absolute Gasteiger partial charge is 0.376 e. The Morgan fingerprint density at radius 3 is 2.71 bits per heavy atom. The van der Waals surface area contributed by atoms with E-state index in [0.29, 0.717) is 12.2 Å². The van der Waals surface area contributed by atoms with Gasteiger partial charge in [-0.05, 0) is 40.0 Å². The topological polar surface area (TPSA) is 30.5 Å². The van der Waals surface area contributed by atoms with Crippen LogP contribution in [0.2, 0.25) is 0 Å². The zero-order valence-electron chi connectivity index (χ0n) is 11.9. The van der Waals surface area contributed by atoms with E-state index in [1.165, 1.54) is 12.8 Å². The second-order valence-corrected chi connectivity index (χ2v) is 6.01. The van der Waals surface area contributed by atoms with E-state index in [9.17, 15) is 0 Å². The van der Waals surface area contributed by atoms with Crippen molar-refractivity contribution in [3.05, 3.63) is 0 Å². The van der Waals surface area contributed by atoms with Crippen molar-refractivity contribution >= 4 is 0 Å². The summed E-state index contributed by atoms with van der Waals surface area (Å²) in [6.07, 6.45) is 5.29. The van der Waals surface area contributed by atoms with Crippen LogP contribution in [0.3, 0.4) is 0 Å². The molecule has 0 spiro atoms. The van der Waals surface area contributed by atoms with Crippen LogP contribution in [0.25, 0.3) is 0 Å². The molecule has 3 heteroatoms. The highest BCUT2D eigenvalue weighted by molar-refractivity contribution is 4.74. The number of hydrogen-bond acceptors (Lipinski definition) is 3. The van der Waals surface area contributed by atoms with Crippen LogP contribution >= 0.6 is 0 Å². The van der Waals surface area contributed by atoms with Gasteiger partial charge in [0.25, 0.3) is 0 Å². The fourth-order valence-corrected chi connectivity index (χ4v) is 2.01. The van der Waals surface area contributed by atoms with Crippen molar-refractivity contribution < 1.29 is 9.47 Å². The van der Waals surface area contributed by atoms with Crippen molar-refractivity contribution in [1.82, 2.24) is 5.32 Å². The van der Waals surface area contributed by atoms with Gasteiger partial charge in [-0.3, -0.25) is 0 Å². The summed E-state index contributed by atoms with van der Waals surface area (Å²) >= 11 is 0. The first-order chi connectivity index (χ1) is 8.01. The van der Waals surface area contributed by atoms with Gasteiger partial charge in [-0.1, -0.05) is 13.3 Å². The minimum atomic E-state index is 0.166. The molecule has 0 aromatic heterocycles. The Labute approximate surface area is 106 Å². The first-order valence-electron chi connectivity index (χ1n) is 6.99. The highest BCUT2D eigenvalue weighted by Crippen LogP contribution is 2.14. The molecule has 1 aliphatic rings. The molecule has 0 bridgehead atoms. The molecule has 0 aliphatic carbocycles. The SMILES string of the molecule is CCCC(CNC(C)(C)C)OCC1CCCO1. The molecule has 0 saturated carbocycles. The summed E-state index contributed by atoms with van der Waals surface area (Å²) in [5.74, 6) is 0. The second kappa shape index (κ2) is 7.34. The van der Waals surface area contributed by atoms with Crippen molar-refractivity contribution in [2.24, 2.45) is 0 Å². The van der Waals surface area contributed by atoms with Gasteiger partial charge in [0.15, 0.2) is 0 Å². The molecular weight excluding hydrogens is 214 g/mol. The van der Waals surface area contributed by atoms with Gasteiger partial charge in [0.2, 0.25) is 0 Å². The van der Waals surface area contributed by atoms with Crippen molar-refractivity contribution in [3.63, 3.8) is 0 Å². The molecule has 1 saturated heterocycles. The lowest BCUT2D eigenvalue weighted by Gasteiger charge is -2.26. The molecule has 1 N–H and O–H groups in total. The third kappa shape index (κ3) is 7.02. The minimum absolute atomic E-state index is 0.166. The highest BCUT2D eigenvalue weighted by atomic mass is 16.5. The molecule has 2 atom stereocenters. The van der Waals surface area contributed by atoms with Gasteiger partial charge >= 0.3 is 0 Å². The van der Waals surface area contributed by atoms with Crippen molar-refractivity contribution in [3.8, 4) is 0 Å². The normalized spacial score (nSPS) is 22.9. The number of hydrogen-bond donors (Lipinski definition) is 1. The average molecular weight is 243 g/mol. The van der Waals surface area contributed by atoms with Gasteiger partial charge in [-0.15, -0.1) is 0 Å². The molecule has 0 aromatic rings. The first-order valence-corrected chi connectivity index (χ1v) is 6.99. The Morgan fingerprint density at radius 1 is 1.41 bits per heavy atom. The van der Waals surface area contributed by atoms with E-state index in [2.05, 4.69) is 33.0 Å². The summed E-state index contributed by atoms with van der Waals surface area (Å²) in [6.45, 7) is 11.4. The van der Waals surface area contributed by atoms with E-state index in [0.717, 1.165) is 32.6 Å². The second-order valence-electron chi connectivity index (χ2n) is 6.01. The Kier molecular flexibility index (Phi) is 6.45. The third-order valence-electron chi connectivity index (χ3n) is 3.01. The molecule has 1 heterocycles. The Morgan fingerprint density at radius 2 is 2.18 bits per heavy atom. The van der Waals surface area contributed by atoms with E-state index in [1.807, 2.05) is 0 Å². The number of nitrogens with one attached hydrogen (secondary N) is 1. The monoisotopic (exact) mass is 243 g/mol. The molecule has 2 unspecified atom stereocenters. The molecule has 1 fully saturated rings. The molecule has 3 nitrogen and oxygen atoms in total. The third-order valence-corrected chi connectivity index (χ3v) is 3.01. The summed E-state index contributed by atoms with van der Waals surface area (Å²) in [6, 6.07) is 0. The lowest BCUT2D eigenvalue weighted by atomic mass is 10.1. The zero-order valence-corrected chi connectivity index (χ0v) is 11.9. The predicted octanol–water partition coefficient (Wildman–Crippen LogP) is 2.74. The van der Waals surface area contributed by atoms with Crippen LogP contribution < -0.4 is 5.32 Å². The molecule has 0 amide bonds. The summed E-state index contributed by atoms with van der Waals surface area (Å²) < 4.78 is 11.6. The van der Waals surface area contributed by atoms with E-state index >= 15 is 0 Å². The molecule has 17 heavy (non-hydrogen) atoms. The van der Waals surface area contributed by atoms with Gasteiger partial charge in [-0.2, -0.15) is 0 Å². The predicted molar refractivity (Wildman–Crippen MR) is 71.4 cm³/mol. The number of rotatable bonds is 7. The van der Waals surface area contributed by atoms with Crippen LogP contribution in [0.5, 0.6) is 0 Å². The Bertz CT molecular complexity index is 195. The summed E-state index contributed by atoms with van der Waals surface area (Å²) in [5, 5.41) is 3.52. The Hall–Kier alpha value is -0.120. The van der Waals surface area contributed by atoms with E-state index < -0.39 is 0 Å². The summed E-state index contributed by atoms with van der Waals surface area (Å²) in [7, 11) is 0. The van der Waals surface area contributed by atoms with Crippen molar-refractivity contribution in [2.75, 3.05) is 19.8 Å². The van der Waals surface area contributed by atoms with Gasteiger partial charge in [0.05, 0.1) is 18.8 Å². The molecule has 0 aromatic carbocycles. The number of ether oxygens (including phenoxy) is 2. The summed E-state index contributed by atoms with van der Waals surface area (Å²) in [5.41, 5.74) is 0.166. The van der Waals surface area contributed by atoms with Gasteiger partial charge in [0, 0.05) is 18.7 Å². The average Bonchev–Trinajstić information content (AvgIpc) is 2.74. The fraction of sp³-hybridized carbons (Fsp3) is 1.00. The molecule has 102 valence electrons.